The van der Waals surface area contributed by atoms with Gasteiger partial charge in [0.15, 0.2) is 5.16 Å². The number of carbonyl (C=O) groups is 1. The highest BCUT2D eigenvalue weighted by Gasteiger charge is 2.15. The summed E-state index contributed by atoms with van der Waals surface area (Å²) >= 11 is 2.77. The van der Waals surface area contributed by atoms with Gasteiger partial charge in [-0.15, -0.1) is 21.5 Å². The normalized spacial score (nSPS) is 10.7. The highest BCUT2D eigenvalue weighted by atomic mass is 32.2. The molecule has 140 valence electrons. The predicted molar refractivity (Wildman–Crippen MR) is 101 cm³/mol. The summed E-state index contributed by atoms with van der Waals surface area (Å²) in [5, 5.41) is 23.8. The molecule has 0 aliphatic carbocycles. The molecule has 0 saturated heterocycles. The summed E-state index contributed by atoms with van der Waals surface area (Å²) in [6, 6.07) is 6.94. The van der Waals surface area contributed by atoms with Crippen LogP contribution in [0.2, 0.25) is 0 Å². The first-order valence-electron chi connectivity index (χ1n) is 7.71. The summed E-state index contributed by atoms with van der Waals surface area (Å²) in [5.41, 5.74) is -0.531. The smallest absolute Gasteiger partial charge is 0.271 e. The Hall–Kier alpha value is -2.79. The van der Waals surface area contributed by atoms with Crippen molar-refractivity contribution in [2.24, 2.45) is 7.05 Å². The van der Waals surface area contributed by atoms with E-state index in [1.54, 1.807) is 15.9 Å². The molecule has 3 rings (SSSR count). The minimum absolute atomic E-state index is 0.0346. The SMILES string of the molecule is Cn1c(Cc2cccs2)nnc1SCC(=O)Nc1cc([N+](=O)[O-])ccc1F. The Labute approximate surface area is 161 Å². The van der Waals surface area contributed by atoms with E-state index >= 15 is 0 Å². The van der Waals surface area contributed by atoms with E-state index in [2.05, 4.69) is 15.5 Å². The van der Waals surface area contributed by atoms with Crippen LogP contribution < -0.4 is 5.32 Å². The number of nitrogens with one attached hydrogen (secondary N) is 1. The molecule has 0 radical (unpaired) electrons. The second-order valence-corrected chi connectivity index (χ2v) is 7.45. The van der Waals surface area contributed by atoms with Crippen molar-refractivity contribution in [2.75, 3.05) is 11.1 Å². The third kappa shape index (κ3) is 4.68. The second kappa shape index (κ2) is 8.27. The molecule has 1 aromatic carbocycles. The number of hydrogen-bond donors (Lipinski definition) is 1. The fourth-order valence-electron chi connectivity index (χ4n) is 2.23. The molecule has 0 spiro atoms. The molecule has 8 nitrogen and oxygen atoms in total. The van der Waals surface area contributed by atoms with Gasteiger partial charge < -0.3 is 9.88 Å². The zero-order valence-electron chi connectivity index (χ0n) is 14.1. The Bertz CT molecular complexity index is 975. The number of nitro groups is 1. The first-order valence-corrected chi connectivity index (χ1v) is 9.58. The lowest BCUT2D eigenvalue weighted by Crippen LogP contribution is -2.15. The average Bonchev–Trinajstić information content (AvgIpc) is 3.26. The maximum absolute atomic E-state index is 13.7. The van der Waals surface area contributed by atoms with Gasteiger partial charge in [-0.2, -0.15) is 0 Å². The van der Waals surface area contributed by atoms with Crippen molar-refractivity contribution in [3.05, 3.63) is 62.3 Å². The topological polar surface area (TPSA) is 103 Å². The van der Waals surface area contributed by atoms with Crippen LogP contribution >= 0.6 is 23.1 Å². The Morgan fingerprint density at radius 2 is 2.22 bits per heavy atom. The zero-order valence-corrected chi connectivity index (χ0v) is 15.7. The fraction of sp³-hybridized carbons (Fsp3) is 0.188. The summed E-state index contributed by atoms with van der Waals surface area (Å²) in [7, 11) is 1.81. The van der Waals surface area contributed by atoms with E-state index in [0.717, 1.165) is 40.7 Å². The zero-order chi connectivity index (χ0) is 19.4. The summed E-state index contributed by atoms with van der Waals surface area (Å²) in [6.07, 6.45) is 0.646. The van der Waals surface area contributed by atoms with E-state index < -0.39 is 16.6 Å². The number of rotatable bonds is 7. The lowest BCUT2D eigenvalue weighted by molar-refractivity contribution is -0.384. The van der Waals surface area contributed by atoms with Crippen LogP contribution in [0.1, 0.15) is 10.7 Å². The van der Waals surface area contributed by atoms with Crippen LogP contribution in [0, 0.1) is 15.9 Å². The predicted octanol–water partition coefficient (Wildman–Crippen LogP) is 3.25. The number of thiophene rings is 1. The molecule has 0 unspecified atom stereocenters. The van der Waals surface area contributed by atoms with E-state index in [9.17, 15) is 19.3 Å². The molecule has 2 aromatic heterocycles. The molecule has 2 heterocycles. The van der Waals surface area contributed by atoms with Gasteiger partial charge in [-0.1, -0.05) is 17.8 Å². The van der Waals surface area contributed by atoms with Gasteiger partial charge in [0.2, 0.25) is 5.91 Å². The fourth-order valence-corrected chi connectivity index (χ4v) is 3.66. The molecule has 1 N–H and O–H groups in total. The first-order chi connectivity index (χ1) is 12.9. The maximum Gasteiger partial charge on any atom is 0.271 e. The number of benzene rings is 1. The highest BCUT2D eigenvalue weighted by molar-refractivity contribution is 7.99. The molecular formula is C16H14FN5O3S2. The molecule has 11 heteroatoms. The monoisotopic (exact) mass is 407 g/mol. The van der Waals surface area contributed by atoms with Gasteiger partial charge >= 0.3 is 0 Å². The molecule has 0 saturated carbocycles. The van der Waals surface area contributed by atoms with Crippen LogP contribution in [-0.4, -0.2) is 31.3 Å². The molecule has 0 aliphatic heterocycles. The maximum atomic E-state index is 13.7. The van der Waals surface area contributed by atoms with Gasteiger partial charge in [-0.25, -0.2) is 4.39 Å². The number of hydrogen-bond acceptors (Lipinski definition) is 7. The van der Waals surface area contributed by atoms with Crippen molar-refractivity contribution in [3.8, 4) is 0 Å². The summed E-state index contributed by atoms with van der Waals surface area (Å²) in [5.74, 6) is -0.504. The van der Waals surface area contributed by atoms with Crippen molar-refractivity contribution in [2.45, 2.75) is 11.6 Å². The standard InChI is InChI=1S/C16H14FN5O3S2/c1-21-14(8-11-3-2-6-26-11)19-20-16(21)27-9-15(23)18-13-7-10(22(24)25)4-5-12(13)17/h2-7H,8-9H2,1H3,(H,18,23). The third-order valence-corrected chi connectivity index (χ3v) is 5.50. The number of non-ortho nitro benzene ring substituents is 1. The van der Waals surface area contributed by atoms with Crippen LogP contribution in [0.3, 0.4) is 0 Å². The van der Waals surface area contributed by atoms with E-state index in [1.807, 2.05) is 24.6 Å². The number of halogens is 1. The van der Waals surface area contributed by atoms with Gasteiger partial charge in [0.1, 0.15) is 11.6 Å². The average molecular weight is 407 g/mol. The van der Waals surface area contributed by atoms with Gasteiger partial charge in [0.25, 0.3) is 5.69 Å². The van der Waals surface area contributed by atoms with Gasteiger partial charge in [-0.05, 0) is 17.5 Å². The molecular weight excluding hydrogens is 393 g/mol. The minimum atomic E-state index is -0.740. The van der Waals surface area contributed by atoms with Crippen LogP contribution in [-0.2, 0) is 18.3 Å². The van der Waals surface area contributed by atoms with Gasteiger partial charge in [0.05, 0.1) is 16.4 Å². The van der Waals surface area contributed by atoms with Gasteiger partial charge in [-0.3, -0.25) is 14.9 Å². The number of aromatic nitrogens is 3. The molecule has 3 aromatic rings. The lowest BCUT2D eigenvalue weighted by Gasteiger charge is -2.06. The molecule has 27 heavy (non-hydrogen) atoms. The van der Waals surface area contributed by atoms with Crippen LogP contribution in [0.15, 0.2) is 40.9 Å². The number of nitrogens with zero attached hydrogens (tertiary/aromatic N) is 4. The van der Waals surface area contributed by atoms with Crippen LogP contribution in [0.25, 0.3) is 0 Å². The number of anilines is 1. The Morgan fingerprint density at radius 3 is 2.93 bits per heavy atom. The Balaban J connectivity index is 1.61. The van der Waals surface area contributed by atoms with E-state index in [4.69, 9.17) is 0 Å². The van der Waals surface area contributed by atoms with Crippen LogP contribution in [0.5, 0.6) is 0 Å². The first kappa shape index (κ1) is 19.0. The largest absolute Gasteiger partial charge is 0.323 e. The van der Waals surface area contributed by atoms with E-state index in [1.165, 1.54) is 0 Å². The lowest BCUT2D eigenvalue weighted by atomic mass is 10.2. The summed E-state index contributed by atoms with van der Waals surface area (Å²) in [6.45, 7) is 0. The number of amides is 1. The van der Waals surface area contributed by atoms with Crippen LogP contribution in [0.4, 0.5) is 15.8 Å². The van der Waals surface area contributed by atoms with Crippen molar-refractivity contribution in [1.82, 2.24) is 14.8 Å². The quantitative estimate of drug-likeness (QED) is 0.366. The molecule has 1 amide bonds. The molecule has 0 fully saturated rings. The van der Waals surface area contributed by atoms with E-state index in [-0.39, 0.29) is 17.1 Å². The van der Waals surface area contributed by atoms with Crippen molar-refractivity contribution in [3.63, 3.8) is 0 Å². The van der Waals surface area contributed by atoms with Crippen molar-refractivity contribution < 1.29 is 14.1 Å². The molecule has 0 aliphatic rings. The highest BCUT2D eigenvalue weighted by Crippen LogP contribution is 2.23. The van der Waals surface area contributed by atoms with Crippen molar-refractivity contribution in [1.29, 1.82) is 0 Å². The number of nitro benzene ring substituents is 1. The summed E-state index contributed by atoms with van der Waals surface area (Å²) < 4.78 is 15.5. The molecule has 0 bridgehead atoms. The minimum Gasteiger partial charge on any atom is -0.323 e. The number of thioether (sulfide) groups is 1. The third-order valence-electron chi connectivity index (χ3n) is 3.60. The van der Waals surface area contributed by atoms with E-state index in [0.29, 0.717) is 11.6 Å². The summed E-state index contributed by atoms with van der Waals surface area (Å²) in [4.78, 5) is 23.3. The second-order valence-electron chi connectivity index (χ2n) is 5.47. The Kier molecular flexibility index (Phi) is 5.81. The molecule has 0 atom stereocenters. The Morgan fingerprint density at radius 1 is 1.41 bits per heavy atom. The van der Waals surface area contributed by atoms with Crippen molar-refractivity contribution >= 4 is 40.4 Å². The number of carbonyl (C=O) groups excluding carboxylic acids is 1. The van der Waals surface area contributed by atoms with Gasteiger partial charge in [0, 0.05) is 30.5 Å².